The first kappa shape index (κ1) is 8.66. The van der Waals surface area contributed by atoms with Gasteiger partial charge in [-0.1, -0.05) is 12.1 Å². The highest BCUT2D eigenvalue weighted by molar-refractivity contribution is 7.79. The number of aromatic nitrogens is 1. The van der Waals surface area contributed by atoms with Crippen molar-refractivity contribution in [3.63, 3.8) is 0 Å². The zero-order valence-electron chi connectivity index (χ0n) is 7.25. The third-order valence-corrected chi connectivity index (χ3v) is 2.54. The highest BCUT2D eigenvalue weighted by Gasteiger charge is 2.02. The average molecular weight is 192 g/mol. The van der Waals surface area contributed by atoms with Crippen LogP contribution in [0.15, 0.2) is 24.3 Å². The van der Waals surface area contributed by atoms with Crippen molar-refractivity contribution in [2.24, 2.45) is 5.73 Å². The smallest absolute Gasteiger partial charge is 0.0459 e. The summed E-state index contributed by atoms with van der Waals surface area (Å²) < 4.78 is 0. The predicted molar refractivity (Wildman–Crippen MR) is 58.9 cm³/mol. The first-order chi connectivity index (χ1) is 6.35. The first-order valence-electron chi connectivity index (χ1n) is 4.25. The highest BCUT2D eigenvalue weighted by atomic mass is 32.1. The summed E-state index contributed by atoms with van der Waals surface area (Å²) >= 11 is 4.22. The Morgan fingerprint density at radius 1 is 1.38 bits per heavy atom. The molecule has 3 heteroatoms. The van der Waals surface area contributed by atoms with Crippen LogP contribution in [0.25, 0.3) is 10.9 Å². The van der Waals surface area contributed by atoms with Gasteiger partial charge < -0.3 is 10.7 Å². The largest absolute Gasteiger partial charge is 0.358 e. The lowest BCUT2D eigenvalue weighted by molar-refractivity contribution is 1.09. The van der Waals surface area contributed by atoms with Crippen molar-refractivity contribution < 1.29 is 0 Å². The zero-order chi connectivity index (χ0) is 9.26. The fourth-order valence-corrected chi connectivity index (χ4v) is 1.71. The van der Waals surface area contributed by atoms with Crippen LogP contribution in [-0.2, 0) is 12.3 Å². The van der Waals surface area contributed by atoms with Crippen molar-refractivity contribution in [2.75, 3.05) is 0 Å². The van der Waals surface area contributed by atoms with Crippen LogP contribution in [-0.4, -0.2) is 4.98 Å². The highest BCUT2D eigenvalue weighted by Crippen LogP contribution is 2.20. The van der Waals surface area contributed by atoms with Gasteiger partial charge in [0.15, 0.2) is 0 Å². The van der Waals surface area contributed by atoms with E-state index in [0.29, 0.717) is 6.54 Å². The number of rotatable bonds is 2. The molecule has 0 atom stereocenters. The summed E-state index contributed by atoms with van der Waals surface area (Å²) in [6.07, 6.45) is 0. The summed E-state index contributed by atoms with van der Waals surface area (Å²) in [7, 11) is 0. The number of hydrogen-bond acceptors (Lipinski definition) is 2. The molecular formula is C10H12N2S. The SMILES string of the molecule is NCc1cccc2[nH]c(CS)cc12. The van der Waals surface area contributed by atoms with Gasteiger partial charge in [-0.15, -0.1) is 0 Å². The molecule has 1 aromatic heterocycles. The van der Waals surface area contributed by atoms with Gasteiger partial charge in [0.25, 0.3) is 0 Å². The van der Waals surface area contributed by atoms with Crippen LogP contribution in [0.2, 0.25) is 0 Å². The fourth-order valence-electron chi connectivity index (χ4n) is 1.54. The fraction of sp³-hybridized carbons (Fsp3) is 0.200. The van der Waals surface area contributed by atoms with E-state index < -0.39 is 0 Å². The van der Waals surface area contributed by atoms with Crippen molar-refractivity contribution in [1.29, 1.82) is 0 Å². The van der Waals surface area contributed by atoms with E-state index in [2.05, 4.69) is 35.8 Å². The molecule has 2 rings (SSSR count). The van der Waals surface area contributed by atoms with Gasteiger partial charge in [0, 0.05) is 28.9 Å². The maximum atomic E-state index is 5.63. The molecule has 0 saturated carbocycles. The van der Waals surface area contributed by atoms with E-state index in [1.54, 1.807) is 0 Å². The molecule has 0 radical (unpaired) electrons. The molecule has 0 aliphatic rings. The number of benzene rings is 1. The second kappa shape index (κ2) is 3.44. The van der Waals surface area contributed by atoms with Crippen LogP contribution >= 0.6 is 12.6 Å². The number of aromatic amines is 1. The Hall–Kier alpha value is -0.930. The molecule has 0 unspecified atom stereocenters. The Labute approximate surface area is 82.5 Å². The summed E-state index contributed by atoms with van der Waals surface area (Å²) in [6, 6.07) is 8.24. The monoisotopic (exact) mass is 192 g/mol. The summed E-state index contributed by atoms with van der Waals surface area (Å²) in [6.45, 7) is 0.585. The molecule has 1 aromatic carbocycles. The second-order valence-electron chi connectivity index (χ2n) is 3.04. The van der Waals surface area contributed by atoms with Gasteiger partial charge >= 0.3 is 0 Å². The van der Waals surface area contributed by atoms with E-state index >= 15 is 0 Å². The van der Waals surface area contributed by atoms with E-state index in [4.69, 9.17) is 5.73 Å². The predicted octanol–water partition coefficient (Wildman–Crippen LogP) is 2.06. The molecule has 2 aromatic rings. The molecule has 68 valence electrons. The Bertz CT molecular complexity index is 420. The molecule has 0 amide bonds. The topological polar surface area (TPSA) is 41.8 Å². The van der Waals surface area contributed by atoms with Crippen LogP contribution in [0.1, 0.15) is 11.3 Å². The third kappa shape index (κ3) is 1.45. The van der Waals surface area contributed by atoms with Crippen LogP contribution in [0.3, 0.4) is 0 Å². The van der Waals surface area contributed by atoms with Crippen molar-refractivity contribution in [3.05, 3.63) is 35.5 Å². The quantitative estimate of drug-likeness (QED) is 0.626. The lowest BCUT2D eigenvalue weighted by atomic mass is 10.1. The molecule has 1 heterocycles. The molecule has 0 saturated heterocycles. The number of fused-ring (bicyclic) bond motifs is 1. The van der Waals surface area contributed by atoms with E-state index in [-0.39, 0.29) is 0 Å². The molecule has 2 nitrogen and oxygen atoms in total. The van der Waals surface area contributed by atoms with Gasteiger partial charge in [0.1, 0.15) is 0 Å². The maximum absolute atomic E-state index is 5.63. The molecule has 13 heavy (non-hydrogen) atoms. The summed E-state index contributed by atoms with van der Waals surface area (Å²) in [4.78, 5) is 3.29. The van der Waals surface area contributed by atoms with E-state index in [9.17, 15) is 0 Å². The van der Waals surface area contributed by atoms with Crippen LogP contribution < -0.4 is 5.73 Å². The minimum Gasteiger partial charge on any atom is -0.358 e. The lowest BCUT2D eigenvalue weighted by Gasteiger charge is -1.96. The maximum Gasteiger partial charge on any atom is 0.0459 e. The Morgan fingerprint density at radius 2 is 2.23 bits per heavy atom. The molecule has 0 aliphatic heterocycles. The van der Waals surface area contributed by atoms with Gasteiger partial charge in [-0.25, -0.2) is 0 Å². The van der Waals surface area contributed by atoms with E-state index in [1.807, 2.05) is 6.07 Å². The number of H-pyrrole nitrogens is 1. The van der Waals surface area contributed by atoms with Gasteiger partial charge in [0.05, 0.1) is 0 Å². The number of thiol groups is 1. The molecule has 0 fully saturated rings. The number of nitrogens with two attached hydrogens (primary N) is 1. The van der Waals surface area contributed by atoms with Crippen molar-refractivity contribution in [1.82, 2.24) is 4.98 Å². The van der Waals surface area contributed by atoms with Crippen molar-refractivity contribution >= 4 is 23.5 Å². The molecule has 0 aliphatic carbocycles. The number of hydrogen-bond donors (Lipinski definition) is 3. The van der Waals surface area contributed by atoms with Crippen LogP contribution in [0.4, 0.5) is 0 Å². The molecular weight excluding hydrogens is 180 g/mol. The average Bonchev–Trinajstić information content (AvgIpc) is 2.59. The molecule has 0 spiro atoms. The first-order valence-corrected chi connectivity index (χ1v) is 4.89. The molecule has 3 N–H and O–H groups in total. The Kier molecular flexibility index (Phi) is 2.29. The second-order valence-corrected chi connectivity index (χ2v) is 3.35. The van der Waals surface area contributed by atoms with Gasteiger partial charge in [-0.2, -0.15) is 12.6 Å². The Balaban J connectivity index is 2.67. The van der Waals surface area contributed by atoms with Crippen molar-refractivity contribution in [2.45, 2.75) is 12.3 Å². The summed E-state index contributed by atoms with van der Waals surface area (Å²) in [5.74, 6) is 0.735. The van der Waals surface area contributed by atoms with Gasteiger partial charge in [-0.3, -0.25) is 0 Å². The van der Waals surface area contributed by atoms with Gasteiger partial charge in [0.2, 0.25) is 0 Å². The standard InChI is InChI=1S/C10H12N2S/c11-5-7-2-1-3-10-9(7)4-8(6-13)12-10/h1-4,12-13H,5-6,11H2. The zero-order valence-corrected chi connectivity index (χ0v) is 8.14. The van der Waals surface area contributed by atoms with E-state index in [1.165, 1.54) is 10.9 Å². The summed E-state index contributed by atoms with van der Waals surface area (Å²) in [5, 5.41) is 1.22. The van der Waals surface area contributed by atoms with Crippen LogP contribution in [0, 0.1) is 0 Å². The third-order valence-electron chi connectivity index (χ3n) is 2.20. The van der Waals surface area contributed by atoms with Crippen LogP contribution in [0.5, 0.6) is 0 Å². The minimum absolute atomic E-state index is 0.585. The van der Waals surface area contributed by atoms with Crippen molar-refractivity contribution in [3.8, 4) is 0 Å². The molecule has 0 bridgehead atoms. The van der Waals surface area contributed by atoms with Gasteiger partial charge in [-0.05, 0) is 17.7 Å². The Morgan fingerprint density at radius 3 is 2.92 bits per heavy atom. The summed E-state index contributed by atoms with van der Waals surface area (Å²) in [5.41, 5.74) is 9.10. The lowest BCUT2D eigenvalue weighted by Crippen LogP contribution is -1.95. The number of nitrogens with one attached hydrogen (secondary N) is 1. The van der Waals surface area contributed by atoms with E-state index in [0.717, 1.165) is 17.0 Å². The normalized spacial score (nSPS) is 10.9. The minimum atomic E-state index is 0.585.